The first-order chi connectivity index (χ1) is 5.69. The normalized spacial score (nSPS) is 19.8. The summed E-state index contributed by atoms with van der Waals surface area (Å²) in [6.07, 6.45) is 5.01. The van der Waals surface area contributed by atoms with Crippen LogP contribution in [0.4, 0.5) is 0 Å². The van der Waals surface area contributed by atoms with E-state index in [0.29, 0.717) is 12.2 Å². The Labute approximate surface area is 74.5 Å². The van der Waals surface area contributed by atoms with Crippen LogP contribution in [0.25, 0.3) is 0 Å². The van der Waals surface area contributed by atoms with Crippen molar-refractivity contribution in [3.63, 3.8) is 0 Å². The molecule has 0 aromatic heterocycles. The van der Waals surface area contributed by atoms with Crippen LogP contribution in [-0.2, 0) is 4.79 Å². The lowest BCUT2D eigenvalue weighted by Crippen LogP contribution is -2.23. The van der Waals surface area contributed by atoms with Crippen LogP contribution in [-0.4, -0.2) is 5.78 Å². The first-order valence-corrected chi connectivity index (χ1v) is 4.62. The van der Waals surface area contributed by atoms with Crippen molar-refractivity contribution >= 4 is 5.78 Å². The van der Waals surface area contributed by atoms with E-state index < -0.39 is 0 Å². The van der Waals surface area contributed by atoms with Gasteiger partial charge in [0, 0.05) is 5.41 Å². The number of rotatable bonds is 2. The van der Waals surface area contributed by atoms with E-state index >= 15 is 0 Å². The molecular formula is C11H16O. The van der Waals surface area contributed by atoms with Gasteiger partial charge in [-0.15, -0.1) is 5.92 Å². The summed E-state index contributed by atoms with van der Waals surface area (Å²) in [6.45, 7) is 3.87. The Bertz CT molecular complexity index is 223. The molecule has 0 unspecified atom stereocenters. The van der Waals surface area contributed by atoms with Crippen LogP contribution in [0.15, 0.2) is 0 Å². The molecule has 1 fully saturated rings. The van der Waals surface area contributed by atoms with E-state index in [9.17, 15) is 4.79 Å². The fraction of sp³-hybridized carbons (Fsp3) is 0.727. The highest BCUT2D eigenvalue weighted by molar-refractivity contribution is 5.86. The zero-order valence-corrected chi connectivity index (χ0v) is 7.94. The lowest BCUT2D eigenvalue weighted by molar-refractivity contribution is -0.126. The molecule has 0 amide bonds. The highest BCUT2D eigenvalue weighted by Gasteiger charge is 2.34. The average molecular weight is 164 g/mol. The fourth-order valence-corrected chi connectivity index (χ4v) is 1.82. The van der Waals surface area contributed by atoms with Crippen molar-refractivity contribution in [1.82, 2.24) is 0 Å². The molecule has 1 rings (SSSR count). The molecule has 12 heavy (non-hydrogen) atoms. The number of hydrogen-bond acceptors (Lipinski definition) is 1. The summed E-state index contributed by atoms with van der Waals surface area (Å²) in [5, 5.41) is 0. The van der Waals surface area contributed by atoms with E-state index in [1.165, 1.54) is 12.8 Å². The Morgan fingerprint density at radius 2 is 2.00 bits per heavy atom. The van der Waals surface area contributed by atoms with Gasteiger partial charge >= 0.3 is 0 Å². The van der Waals surface area contributed by atoms with Crippen LogP contribution >= 0.6 is 0 Å². The molecule has 0 spiro atoms. The predicted octanol–water partition coefficient (Wildman–Crippen LogP) is 2.55. The fourth-order valence-electron chi connectivity index (χ4n) is 1.82. The Morgan fingerprint density at radius 3 is 2.50 bits per heavy atom. The SMILES string of the molecule is CC#CCC(=O)C1(C)CCCC1. The van der Waals surface area contributed by atoms with Gasteiger partial charge in [0.1, 0.15) is 0 Å². The molecule has 1 saturated carbocycles. The van der Waals surface area contributed by atoms with Crippen molar-refractivity contribution < 1.29 is 4.79 Å². The molecule has 0 N–H and O–H groups in total. The molecule has 0 aliphatic heterocycles. The molecule has 0 bridgehead atoms. The van der Waals surface area contributed by atoms with Crippen LogP contribution in [0.5, 0.6) is 0 Å². The quantitative estimate of drug-likeness (QED) is 0.573. The number of carbonyl (C=O) groups excluding carboxylic acids is 1. The van der Waals surface area contributed by atoms with Crippen LogP contribution in [0.3, 0.4) is 0 Å². The number of carbonyl (C=O) groups is 1. The predicted molar refractivity (Wildman–Crippen MR) is 49.6 cm³/mol. The smallest absolute Gasteiger partial charge is 0.150 e. The Morgan fingerprint density at radius 1 is 1.42 bits per heavy atom. The van der Waals surface area contributed by atoms with E-state index in [-0.39, 0.29) is 5.41 Å². The molecule has 0 aromatic rings. The molecule has 0 radical (unpaired) electrons. The van der Waals surface area contributed by atoms with Crippen molar-refractivity contribution in [1.29, 1.82) is 0 Å². The van der Waals surface area contributed by atoms with Gasteiger partial charge in [-0.3, -0.25) is 4.79 Å². The minimum absolute atomic E-state index is 0.0378. The minimum atomic E-state index is -0.0378. The average Bonchev–Trinajstić information content (AvgIpc) is 2.49. The zero-order chi connectivity index (χ0) is 9.03. The van der Waals surface area contributed by atoms with Gasteiger partial charge in [0.15, 0.2) is 5.78 Å². The van der Waals surface area contributed by atoms with Crippen LogP contribution in [0.2, 0.25) is 0 Å². The maximum absolute atomic E-state index is 11.6. The summed E-state index contributed by atoms with van der Waals surface area (Å²) >= 11 is 0. The van der Waals surface area contributed by atoms with Crippen molar-refractivity contribution in [2.45, 2.75) is 46.0 Å². The second-order valence-electron chi connectivity index (χ2n) is 3.79. The highest BCUT2D eigenvalue weighted by atomic mass is 16.1. The summed E-state index contributed by atoms with van der Waals surface area (Å²) in [5.41, 5.74) is -0.0378. The molecule has 66 valence electrons. The van der Waals surface area contributed by atoms with Gasteiger partial charge in [-0.2, -0.15) is 0 Å². The van der Waals surface area contributed by atoms with Crippen LogP contribution in [0, 0.1) is 17.3 Å². The van der Waals surface area contributed by atoms with Gasteiger partial charge in [0.05, 0.1) is 6.42 Å². The van der Waals surface area contributed by atoms with Gasteiger partial charge in [0.25, 0.3) is 0 Å². The number of ketones is 1. The lowest BCUT2D eigenvalue weighted by Gasteiger charge is -2.19. The third-order valence-electron chi connectivity index (χ3n) is 2.81. The summed E-state index contributed by atoms with van der Waals surface area (Å²) in [7, 11) is 0. The van der Waals surface area contributed by atoms with Crippen LogP contribution < -0.4 is 0 Å². The Hall–Kier alpha value is -0.770. The Kier molecular flexibility index (Phi) is 2.92. The summed E-state index contributed by atoms with van der Waals surface area (Å²) in [6, 6.07) is 0. The second-order valence-corrected chi connectivity index (χ2v) is 3.79. The molecular weight excluding hydrogens is 148 g/mol. The Balaban J connectivity index is 2.53. The van der Waals surface area contributed by atoms with E-state index in [4.69, 9.17) is 0 Å². The van der Waals surface area contributed by atoms with Gasteiger partial charge in [-0.25, -0.2) is 0 Å². The van der Waals surface area contributed by atoms with E-state index in [2.05, 4.69) is 18.8 Å². The third-order valence-corrected chi connectivity index (χ3v) is 2.81. The molecule has 1 aliphatic carbocycles. The molecule has 0 heterocycles. The van der Waals surface area contributed by atoms with Crippen molar-refractivity contribution in [2.24, 2.45) is 5.41 Å². The maximum atomic E-state index is 11.6. The monoisotopic (exact) mass is 164 g/mol. The first-order valence-electron chi connectivity index (χ1n) is 4.62. The van der Waals surface area contributed by atoms with E-state index in [0.717, 1.165) is 12.8 Å². The minimum Gasteiger partial charge on any atom is -0.298 e. The van der Waals surface area contributed by atoms with Crippen molar-refractivity contribution in [3.05, 3.63) is 0 Å². The number of Topliss-reactive ketones (excluding diaryl/α,β-unsaturated/α-hetero) is 1. The van der Waals surface area contributed by atoms with Crippen molar-refractivity contribution in [2.75, 3.05) is 0 Å². The van der Waals surface area contributed by atoms with Gasteiger partial charge in [0.2, 0.25) is 0 Å². The molecule has 1 heteroatoms. The standard InChI is InChI=1S/C11H16O/c1-3-4-7-10(12)11(2)8-5-6-9-11/h5-9H2,1-2H3. The third kappa shape index (κ3) is 1.88. The topological polar surface area (TPSA) is 17.1 Å². The summed E-state index contributed by atoms with van der Waals surface area (Å²) in [4.78, 5) is 11.6. The molecule has 0 aromatic carbocycles. The maximum Gasteiger partial charge on any atom is 0.150 e. The van der Waals surface area contributed by atoms with Gasteiger partial charge < -0.3 is 0 Å². The molecule has 0 atom stereocenters. The van der Waals surface area contributed by atoms with Gasteiger partial charge in [-0.1, -0.05) is 25.7 Å². The molecule has 1 nitrogen and oxygen atoms in total. The largest absolute Gasteiger partial charge is 0.298 e. The van der Waals surface area contributed by atoms with Gasteiger partial charge in [-0.05, 0) is 19.8 Å². The van der Waals surface area contributed by atoms with E-state index in [1.807, 2.05) is 0 Å². The lowest BCUT2D eigenvalue weighted by atomic mass is 9.83. The first kappa shape index (κ1) is 9.32. The van der Waals surface area contributed by atoms with Crippen molar-refractivity contribution in [3.8, 4) is 11.8 Å². The summed E-state index contributed by atoms with van der Waals surface area (Å²) < 4.78 is 0. The highest BCUT2D eigenvalue weighted by Crippen LogP contribution is 2.38. The molecule has 0 saturated heterocycles. The van der Waals surface area contributed by atoms with Crippen LogP contribution in [0.1, 0.15) is 46.0 Å². The second kappa shape index (κ2) is 3.76. The number of hydrogen-bond donors (Lipinski definition) is 0. The van der Waals surface area contributed by atoms with E-state index in [1.54, 1.807) is 6.92 Å². The zero-order valence-electron chi connectivity index (χ0n) is 7.94. The summed E-state index contributed by atoms with van der Waals surface area (Å²) in [5.74, 6) is 5.96. The molecule has 1 aliphatic rings.